The molecule has 0 atom stereocenters. The van der Waals surface area contributed by atoms with E-state index in [1.165, 1.54) is 17.2 Å². The first-order valence-electron chi connectivity index (χ1n) is 7.25. The lowest BCUT2D eigenvalue weighted by Crippen LogP contribution is -2.53. The van der Waals surface area contributed by atoms with Crippen molar-refractivity contribution >= 4 is 11.8 Å². The summed E-state index contributed by atoms with van der Waals surface area (Å²) in [5.74, 6) is -0.123. The Balaban J connectivity index is 1.96. The number of aromatic nitrogens is 2. The fourth-order valence-electron chi connectivity index (χ4n) is 2.40. The lowest BCUT2D eigenvalue weighted by molar-refractivity contribution is -0.135. The molecule has 0 unspecified atom stereocenters. The van der Waals surface area contributed by atoms with E-state index in [9.17, 15) is 18.4 Å². The predicted octanol–water partition coefficient (Wildman–Crippen LogP) is 1.09. The number of piperazine rings is 1. The highest BCUT2D eigenvalue weighted by Gasteiger charge is 2.29. The monoisotopic (exact) mass is 314 g/mol. The van der Waals surface area contributed by atoms with Gasteiger partial charge in [-0.15, -0.1) is 0 Å². The maximum absolute atomic E-state index is 12.3. The average molecular weight is 314 g/mol. The van der Waals surface area contributed by atoms with Gasteiger partial charge in [-0.3, -0.25) is 14.3 Å². The van der Waals surface area contributed by atoms with Crippen LogP contribution in [0.4, 0.5) is 8.78 Å². The molecule has 0 aromatic carbocycles. The van der Waals surface area contributed by atoms with Crippen molar-refractivity contribution in [1.29, 1.82) is 0 Å². The number of hydrogen-bond donors (Lipinski definition) is 0. The second kappa shape index (κ2) is 6.85. The Kier molecular flexibility index (Phi) is 5.10. The second-order valence-electron chi connectivity index (χ2n) is 5.77. The fourth-order valence-corrected chi connectivity index (χ4v) is 2.40. The van der Waals surface area contributed by atoms with E-state index in [1.807, 2.05) is 13.8 Å². The molecule has 1 aliphatic rings. The van der Waals surface area contributed by atoms with Crippen LogP contribution >= 0.6 is 0 Å². The van der Waals surface area contributed by atoms with Crippen LogP contribution in [0.1, 0.15) is 24.3 Å². The summed E-state index contributed by atoms with van der Waals surface area (Å²) in [5, 5.41) is 3.84. The maximum Gasteiger partial charge on any atom is 0.274 e. The minimum Gasteiger partial charge on any atom is -0.339 e. The van der Waals surface area contributed by atoms with Crippen LogP contribution in [0.2, 0.25) is 0 Å². The minimum absolute atomic E-state index is 0.00720. The molecule has 1 aromatic heterocycles. The maximum atomic E-state index is 12.3. The molecule has 22 heavy (non-hydrogen) atoms. The molecular formula is C14H20F2N4O2. The first-order chi connectivity index (χ1) is 10.4. The molecule has 0 bridgehead atoms. The van der Waals surface area contributed by atoms with E-state index in [0.29, 0.717) is 25.6 Å². The van der Waals surface area contributed by atoms with Crippen LogP contribution in [-0.2, 0) is 11.3 Å². The molecule has 6 nitrogen and oxygen atoms in total. The van der Waals surface area contributed by atoms with E-state index >= 15 is 0 Å². The molecule has 0 aliphatic carbocycles. The molecule has 0 radical (unpaired) electrons. The van der Waals surface area contributed by atoms with Gasteiger partial charge in [0.1, 0.15) is 18.8 Å². The first kappa shape index (κ1) is 16.4. The predicted molar refractivity (Wildman–Crippen MR) is 75.6 cm³/mol. The van der Waals surface area contributed by atoms with Crippen LogP contribution in [0.15, 0.2) is 12.3 Å². The average Bonchev–Trinajstić information content (AvgIpc) is 2.87. The van der Waals surface area contributed by atoms with E-state index in [0.717, 1.165) is 4.68 Å². The summed E-state index contributed by atoms with van der Waals surface area (Å²) in [7, 11) is 0. The van der Waals surface area contributed by atoms with Gasteiger partial charge in [0.2, 0.25) is 5.91 Å². The summed E-state index contributed by atoms with van der Waals surface area (Å²) in [6.45, 7) is 5.10. The van der Waals surface area contributed by atoms with Gasteiger partial charge < -0.3 is 9.80 Å². The van der Waals surface area contributed by atoms with E-state index < -0.39 is 18.9 Å². The van der Waals surface area contributed by atoms with Crippen molar-refractivity contribution in [3.8, 4) is 0 Å². The van der Waals surface area contributed by atoms with Crippen LogP contribution in [0.25, 0.3) is 0 Å². The minimum atomic E-state index is -2.52. The molecule has 2 rings (SSSR count). The van der Waals surface area contributed by atoms with E-state index in [4.69, 9.17) is 0 Å². The zero-order valence-electron chi connectivity index (χ0n) is 12.7. The molecular weight excluding hydrogens is 294 g/mol. The quantitative estimate of drug-likeness (QED) is 0.817. The number of nitrogens with zero attached hydrogens (tertiary/aromatic N) is 4. The zero-order valence-corrected chi connectivity index (χ0v) is 12.7. The Morgan fingerprint density at radius 3 is 2.64 bits per heavy atom. The molecule has 0 N–H and O–H groups in total. The third-order valence-corrected chi connectivity index (χ3v) is 3.38. The molecule has 0 saturated carbocycles. The molecule has 1 saturated heterocycles. The molecule has 1 aliphatic heterocycles. The number of halogens is 2. The van der Waals surface area contributed by atoms with Crippen LogP contribution in [0.3, 0.4) is 0 Å². The van der Waals surface area contributed by atoms with Crippen molar-refractivity contribution < 1.29 is 18.4 Å². The van der Waals surface area contributed by atoms with Gasteiger partial charge in [0.05, 0.1) is 0 Å². The first-order valence-corrected chi connectivity index (χ1v) is 7.25. The number of hydrogen-bond acceptors (Lipinski definition) is 3. The fraction of sp³-hybridized carbons (Fsp3) is 0.643. The van der Waals surface area contributed by atoms with Crippen LogP contribution in [-0.4, -0.2) is 64.0 Å². The topological polar surface area (TPSA) is 58.4 Å². The summed E-state index contributed by atoms with van der Waals surface area (Å²) in [5.41, 5.74) is 0.0887. The summed E-state index contributed by atoms with van der Waals surface area (Å²) >= 11 is 0. The van der Waals surface area contributed by atoms with Gasteiger partial charge in [-0.2, -0.15) is 5.10 Å². The molecule has 1 fully saturated rings. The van der Waals surface area contributed by atoms with Crippen molar-refractivity contribution in [2.24, 2.45) is 5.92 Å². The number of carbonyl (C=O) groups is 2. The van der Waals surface area contributed by atoms with Gasteiger partial charge >= 0.3 is 0 Å². The van der Waals surface area contributed by atoms with Gasteiger partial charge in [-0.1, -0.05) is 13.8 Å². The van der Waals surface area contributed by atoms with Crippen LogP contribution < -0.4 is 0 Å². The van der Waals surface area contributed by atoms with Crippen molar-refractivity contribution in [1.82, 2.24) is 19.6 Å². The summed E-state index contributed by atoms with van der Waals surface area (Å²) in [6.07, 6.45) is -1.18. The van der Waals surface area contributed by atoms with E-state index in [-0.39, 0.29) is 18.1 Å². The van der Waals surface area contributed by atoms with Crippen molar-refractivity contribution in [2.75, 3.05) is 26.2 Å². The largest absolute Gasteiger partial charge is 0.339 e. The SMILES string of the molecule is CC(C)CN1CCN(C(=O)c2ccn(CC(F)F)n2)CC1=O. The van der Waals surface area contributed by atoms with Crippen molar-refractivity contribution in [3.05, 3.63) is 18.0 Å². The third kappa shape index (κ3) is 4.02. The number of carbonyl (C=O) groups excluding carboxylic acids is 2. The normalized spacial score (nSPS) is 16.0. The summed E-state index contributed by atoms with van der Waals surface area (Å²) < 4.78 is 25.6. The summed E-state index contributed by atoms with van der Waals surface area (Å²) in [4.78, 5) is 27.4. The summed E-state index contributed by atoms with van der Waals surface area (Å²) in [6, 6.07) is 1.40. The van der Waals surface area contributed by atoms with Crippen molar-refractivity contribution in [3.63, 3.8) is 0 Å². The molecule has 8 heteroatoms. The molecule has 0 spiro atoms. The lowest BCUT2D eigenvalue weighted by Gasteiger charge is -2.34. The highest BCUT2D eigenvalue weighted by Crippen LogP contribution is 2.10. The van der Waals surface area contributed by atoms with Gasteiger partial charge in [0, 0.05) is 25.8 Å². The van der Waals surface area contributed by atoms with Gasteiger partial charge in [-0.05, 0) is 12.0 Å². The zero-order chi connectivity index (χ0) is 16.3. The molecule has 2 heterocycles. The van der Waals surface area contributed by atoms with Gasteiger partial charge in [-0.25, -0.2) is 8.78 Å². The standard InChI is InChI=1S/C14H20F2N4O2/c1-10(2)7-18-5-6-19(9-13(18)21)14(22)11-3-4-20(17-11)8-12(15)16/h3-4,10,12H,5-9H2,1-2H3. The molecule has 122 valence electrons. The Labute approximate surface area is 127 Å². The third-order valence-electron chi connectivity index (χ3n) is 3.38. The number of amides is 2. The lowest BCUT2D eigenvalue weighted by atomic mass is 10.2. The number of rotatable bonds is 5. The Morgan fingerprint density at radius 1 is 1.32 bits per heavy atom. The van der Waals surface area contributed by atoms with Crippen LogP contribution in [0.5, 0.6) is 0 Å². The Bertz CT molecular complexity index is 545. The van der Waals surface area contributed by atoms with Crippen molar-refractivity contribution in [2.45, 2.75) is 26.8 Å². The van der Waals surface area contributed by atoms with E-state index in [2.05, 4.69) is 5.10 Å². The number of alkyl halides is 2. The Hall–Kier alpha value is -1.99. The molecule has 2 amide bonds. The highest BCUT2D eigenvalue weighted by molar-refractivity contribution is 5.95. The van der Waals surface area contributed by atoms with Crippen LogP contribution in [0, 0.1) is 5.92 Å². The van der Waals surface area contributed by atoms with Gasteiger partial charge in [0.25, 0.3) is 12.3 Å². The Morgan fingerprint density at radius 2 is 2.05 bits per heavy atom. The van der Waals surface area contributed by atoms with Gasteiger partial charge in [0.15, 0.2) is 0 Å². The highest BCUT2D eigenvalue weighted by atomic mass is 19.3. The second-order valence-corrected chi connectivity index (χ2v) is 5.77. The smallest absolute Gasteiger partial charge is 0.274 e. The van der Waals surface area contributed by atoms with E-state index in [1.54, 1.807) is 4.90 Å². The molecule has 1 aromatic rings.